The predicted molar refractivity (Wildman–Crippen MR) is 91.5 cm³/mol. The third-order valence-corrected chi connectivity index (χ3v) is 4.66. The molecule has 12 heteroatoms. The monoisotopic (exact) mass is 382 g/mol. The minimum atomic E-state index is -1.84. The number of aromatic carboxylic acids is 1. The summed E-state index contributed by atoms with van der Waals surface area (Å²) in [6.07, 6.45) is 2.85. The number of halogens is 2. The molecule has 1 fully saturated rings. The molecule has 27 heavy (non-hydrogen) atoms. The van der Waals surface area contributed by atoms with E-state index < -0.39 is 45.1 Å². The number of nitro groups is 1. The second-order valence-corrected chi connectivity index (χ2v) is 6.30. The van der Waals surface area contributed by atoms with Crippen molar-refractivity contribution in [1.82, 2.24) is 0 Å². The average molecular weight is 382 g/mol. The third kappa shape index (κ3) is 2.92. The molecule has 0 bridgehead atoms. The summed E-state index contributed by atoms with van der Waals surface area (Å²) >= 11 is 0. The molecule has 1 heterocycles. The molecule has 0 aromatic heterocycles. The number of nitrogens with zero attached hydrogens (tertiary/aromatic N) is 4. The van der Waals surface area contributed by atoms with Crippen molar-refractivity contribution in [2.45, 2.75) is 37.8 Å². The molecule has 1 aromatic carbocycles. The first kappa shape index (κ1) is 18.5. The van der Waals surface area contributed by atoms with Gasteiger partial charge >= 0.3 is 5.97 Å². The van der Waals surface area contributed by atoms with Gasteiger partial charge in [0.1, 0.15) is 11.2 Å². The van der Waals surface area contributed by atoms with E-state index >= 15 is 0 Å². The maximum absolute atomic E-state index is 14.9. The van der Waals surface area contributed by atoms with E-state index in [1.54, 1.807) is 0 Å². The van der Waals surface area contributed by atoms with Crippen LogP contribution in [0.1, 0.15) is 42.5 Å². The molecule has 1 saturated carbocycles. The van der Waals surface area contributed by atoms with Gasteiger partial charge in [0.25, 0.3) is 5.69 Å². The van der Waals surface area contributed by atoms with Crippen molar-refractivity contribution < 1.29 is 23.6 Å². The van der Waals surface area contributed by atoms with E-state index in [1.807, 2.05) is 0 Å². The van der Waals surface area contributed by atoms with Crippen LogP contribution >= 0.6 is 0 Å². The van der Waals surface area contributed by atoms with Crippen LogP contribution in [0.2, 0.25) is 0 Å². The van der Waals surface area contributed by atoms with E-state index in [9.17, 15) is 23.7 Å². The summed E-state index contributed by atoms with van der Waals surface area (Å²) < 4.78 is 29.2. The molecule has 2 aliphatic rings. The van der Waals surface area contributed by atoms with E-state index in [2.05, 4.69) is 9.98 Å². The molecule has 0 atom stereocenters. The fourth-order valence-electron chi connectivity index (χ4n) is 3.56. The van der Waals surface area contributed by atoms with Crippen LogP contribution in [0, 0.1) is 21.7 Å². The van der Waals surface area contributed by atoms with Gasteiger partial charge in [-0.05, 0) is 25.7 Å². The molecule has 1 aliphatic carbocycles. The summed E-state index contributed by atoms with van der Waals surface area (Å²) in [5.74, 6) is -5.83. The van der Waals surface area contributed by atoms with E-state index in [1.165, 1.54) is 0 Å². The Morgan fingerprint density at radius 1 is 1.26 bits per heavy atom. The second-order valence-electron chi connectivity index (χ2n) is 6.30. The third-order valence-electron chi connectivity index (χ3n) is 4.66. The van der Waals surface area contributed by atoms with Crippen LogP contribution in [0.4, 0.5) is 20.2 Å². The van der Waals surface area contributed by atoms with Crippen molar-refractivity contribution in [1.29, 1.82) is 0 Å². The fraction of sp³-hybridized carbons (Fsp3) is 0.400. The number of carboxylic acids is 1. The normalized spacial score (nSPS) is 18.8. The van der Waals surface area contributed by atoms with E-state index in [-0.39, 0.29) is 11.9 Å². The largest absolute Gasteiger partial charge is 0.478 e. The highest BCUT2D eigenvalue weighted by Gasteiger charge is 2.47. The van der Waals surface area contributed by atoms with Crippen molar-refractivity contribution in [3.63, 3.8) is 0 Å². The number of anilines is 1. The lowest BCUT2D eigenvalue weighted by molar-refractivity contribution is -0.384. The molecule has 0 amide bonds. The van der Waals surface area contributed by atoms with Gasteiger partial charge in [0.2, 0.25) is 11.9 Å². The van der Waals surface area contributed by atoms with Crippen molar-refractivity contribution in [2.24, 2.45) is 21.5 Å². The number of carbonyl (C=O) groups is 1. The Morgan fingerprint density at radius 3 is 2.44 bits per heavy atom. The molecule has 1 aliphatic heterocycles. The van der Waals surface area contributed by atoms with Gasteiger partial charge in [-0.2, -0.15) is 4.99 Å². The minimum Gasteiger partial charge on any atom is -0.478 e. The van der Waals surface area contributed by atoms with Crippen LogP contribution in [0.5, 0.6) is 0 Å². The maximum atomic E-state index is 14.9. The van der Waals surface area contributed by atoms with E-state index in [4.69, 9.17) is 16.6 Å². The first-order valence-corrected chi connectivity index (χ1v) is 8.07. The average Bonchev–Trinajstić information content (AvgIpc) is 2.58. The number of nitrogens with two attached hydrogens (primary N) is 2. The lowest BCUT2D eigenvalue weighted by Gasteiger charge is -2.45. The Morgan fingerprint density at radius 2 is 1.89 bits per heavy atom. The molecule has 0 saturated heterocycles. The summed E-state index contributed by atoms with van der Waals surface area (Å²) in [6.45, 7) is 0. The molecule has 10 nitrogen and oxygen atoms in total. The smallest absolute Gasteiger partial charge is 0.339 e. The summed E-state index contributed by atoms with van der Waals surface area (Å²) in [4.78, 5) is 30.5. The number of nitro benzene ring substituents is 1. The topological polar surface area (TPSA) is 160 Å². The van der Waals surface area contributed by atoms with Crippen molar-refractivity contribution >= 4 is 29.3 Å². The van der Waals surface area contributed by atoms with Crippen LogP contribution in [-0.4, -0.2) is 33.6 Å². The SMILES string of the molecule is NC1=NC2(CCCCC2)N(c2c([N+](=O)[O-])cc(C(=O)O)c(F)c2F)C(N)=N1. The summed E-state index contributed by atoms with van der Waals surface area (Å²) in [6, 6.07) is 0.460. The number of benzene rings is 1. The zero-order valence-corrected chi connectivity index (χ0v) is 14.0. The van der Waals surface area contributed by atoms with Crippen LogP contribution in [-0.2, 0) is 0 Å². The minimum absolute atomic E-state index is 0.170. The van der Waals surface area contributed by atoms with E-state index in [0.717, 1.165) is 11.3 Å². The highest BCUT2D eigenvalue weighted by molar-refractivity contribution is 6.07. The van der Waals surface area contributed by atoms with Gasteiger partial charge in [0, 0.05) is 6.07 Å². The van der Waals surface area contributed by atoms with Gasteiger partial charge in [0.05, 0.1) is 4.92 Å². The number of rotatable bonds is 3. The Balaban J connectivity index is 2.30. The highest BCUT2D eigenvalue weighted by atomic mass is 19.2. The van der Waals surface area contributed by atoms with Crippen molar-refractivity contribution in [3.8, 4) is 0 Å². The molecular formula is C15H16F2N6O4. The van der Waals surface area contributed by atoms with Gasteiger partial charge in [-0.1, -0.05) is 6.42 Å². The quantitative estimate of drug-likeness (QED) is 0.529. The Bertz CT molecular complexity index is 895. The molecule has 0 radical (unpaired) electrons. The molecule has 5 N–H and O–H groups in total. The number of hydrogen-bond donors (Lipinski definition) is 3. The van der Waals surface area contributed by atoms with Gasteiger partial charge in [-0.25, -0.2) is 18.6 Å². The number of guanidine groups is 2. The van der Waals surface area contributed by atoms with Gasteiger partial charge < -0.3 is 16.6 Å². The van der Waals surface area contributed by atoms with Gasteiger partial charge in [-0.3, -0.25) is 15.0 Å². The number of carboxylic acid groups (broad SMARTS) is 1. The summed E-state index contributed by atoms with van der Waals surface area (Å²) in [5.41, 5.74) is 7.38. The standard InChI is InChI=1S/C15H16F2N6O4/c16-9-7(12(24)25)6-8(23(26)27)11(10(9)17)22-14(19)20-13(18)21-15(22)4-2-1-3-5-15/h6H,1-5H2,(H,24,25)(H4,18,19,20,21). The Labute approximate surface area is 151 Å². The van der Waals surface area contributed by atoms with Crippen LogP contribution < -0.4 is 16.4 Å². The highest BCUT2D eigenvalue weighted by Crippen LogP contribution is 2.44. The lowest BCUT2D eigenvalue weighted by Crippen LogP contribution is -2.58. The first-order valence-electron chi connectivity index (χ1n) is 8.07. The van der Waals surface area contributed by atoms with Crippen LogP contribution in [0.3, 0.4) is 0 Å². The molecule has 144 valence electrons. The maximum Gasteiger partial charge on any atom is 0.339 e. The van der Waals surface area contributed by atoms with Crippen LogP contribution in [0.15, 0.2) is 16.1 Å². The summed E-state index contributed by atoms with van der Waals surface area (Å²) in [5, 5.41) is 20.5. The second kappa shape index (κ2) is 6.45. The van der Waals surface area contributed by atoms with Crippen LogP contribution in [0.25, 0.3) is 0 Å². The molecule has 1 spiro atoms. The molecule has 0 unspecified atom stereocenters. The van der Waals surface area contributed by atoms with E-state index in [0.29, 0.717) is 31.7 Å². The zero-order valence-electron chi connectivity index (χ0n) is 14.0. The van der Waals surface area contributed by atoms with Gasteiger partial charge in [0.15, 0.2) is 17.3 Å². The van der Waals surface area contributed by atoms with Crippen molar-refractivity contribution in [2.75, 3.05) is 4.90 Å². The molecular weight excluding hydrogens is 366 g/mol. The number of aliphatic imine (C=N–C) groups is 2. The number of hydrogen-bond acceptors (Lipinski definition) is 8. The molecule has 1 aromatic rings. The summed E-state index contributed by atoms with van der Waals surface area (Å²) in [7, 11) is 0. The molecule has 3 rings (SSSR count). The van der Waals surface area contributed by atoms with Gasteiger partial charge in [-0.15, -0.1) is 0 Å². The van der Waals surface area contributed by atoms with Crippen molar-refractivity contribution in [3.05, 3.63) is 33.4 Å². The predicted octanol–water partition coefficient (Wildman–Crippen LogP) is 1.68. The Hall–Kier alpha value is -3.31. The lowest BCUT2D eigenvalue weighted by atomic mass is 9.87. The fourth-order valence-corrected chi connectivity index (χ4v) is 3.56. The zero-order chi connectivity index (χ0) is 19.9. The first-order chi connectivity index (χ1) is 12.7. The Kier molecular flexibility index (Phi) is 4.41.